The summed E-state index contributed by atoms with van der Waals surface area (Å²) >= 11 is 0. The molecule has 0 amide bonds. The first-order chi connectivity index (χ1) is 8.40. The van der Waals surface area contributed by atoms with Gasteiger partial charge in [0.2, 0.25) is 5.88 Å². The highest BCUT2D eigenvalue weighted by Gasteiger charge is 2.05. The van der Waals surface area contributed by atoms with Crippen molar-refractivity contribution in [3.05, 3.63) is 23.9 Å². The first kappa shape index (κ1) is 15.0. The summed E-state index contributed by atoms with van der Waals surface area (Å²) in [7, 11) is 1.64. The monoisotopic (exact) mass is 362 g/mol. The summed E-state index contributed by atoms with van der Waals surface area (Å²) in [5.74, 6) is 1.60. The van der Waals surface area contributed by atoms with Crippen molar-refractivity contribution in [2.75, 3.05) is 26.7 Å². The Balaban J connectivity index is 0.00000162. The molecule has 100 valence electrons. The van der Waals surface area contributed by atoms with Crippen LogP contribution in [-0.4, -0.2) is 37.7 Å². The standard InChI is InChI=1S/C12H18N4O.HI/c1-17-11-10(4-2-6-13-11)5-9-16-12-14-7-3-8-15-12;/h2,4,6H,3,5,7-9H2,1H3,(H2,14,15,16);1H. The molecule has 2 heterocycles. The fourth-order valence-electron chi connectivity index (χ4n) is 1.76. The van der Waals surface area contributed by atoms with E-state index in [0.717, 1.165) is 44.0 Å². The summed E-state index contributed by atoms with van der Waals surface area (Å²) in [4.78, 5) is 8.52. The Labute approximate surface area is 124 Å². The number of aliphatic imine (C=N–C) groups is 1. The van der Waals surface area contributed by atoms with Crippen molar-refractivity contribution in [3.8, 4) is 5.88 Å². The number of halogens is 1. The van der Waals surface area contributed by atoms with Gasteiger partial charge in [0.25, 0.3) is 0 Å². The maximum Gasteiger partial charge on any atom is 0.216 e. The highest BCUT2D eigenvalue weighted by molar-refractivity contribution is 14.0. The van der Waals surface area contributed by atoms with Gasteiger partial charge in [-0.05, 0) is 18.9 Å². The van der Waals surface area contributed by atoms with Crippen LogP contribution in [-0.2, 0) is 6.42 Å². The van der Waals surface area contributed by atoms with Crippen molar-refractivity contribution in [3.63, 3.8) is 0 Å². The number of hydrogen-bond donors (Lipinski definition) is 2. The van der Waals surface area contributed by atoms with Crippen LogP contribution in [0.5, 0.6) is 5.88 Å². The van der Waals surface area contributed by atoms with Gasteiger partial charge in [0.05, 0.1) is 7.11 Å². The quantitative estimate of drug-likeness (QED) is 0.791. The average molecular weight is 362 g/mol. The molecule has 0 atom stereocenters. The Morgan fingerprint density at radius 2 is 2.39 bits per heavy atom. The van der Waals surface area contributed by atoms with Gasteiger partial charge in [-0.25, -0.2) is 4.98 Å². The largest absolute Gasteiger partial charge is 0.481 e. The van der Waals surface area contributed by atoms with Crippen LogP contribution < -0.4 is 15.4 Å². The third-order valence-corrected chi connectivity index (χ3v) is 2.63. The molecule has 0 saturated carbocycles. The van der Waals surface area contributed by atoms with E-state index in [1.54, 1.807) is 13.3 Å². The van der Waals surface area contributed by atoms with Gasteiger partial charge in [-0.3, -0.25) is 4.99 Å². The highest BCUT2D eigenvalue weighted by atomic mass is 127. The minimum Gasteiger partial charge on any atom is -0.481 e. The zero-order chi connectivity index (χ0) is 11.9. The molecule has 0 radical (unpaired) electrons. The molecule has 0 aliphatic carbocycles. The predicted octanol–water partition coefficient (Wildman–Crippen LogP) is 1.19. The second-order valence-corrected chi connectivity index (χ2v) is 3.86. The SMILES string of the molecule is COc1ncccc1CCNC1=NCCCN1.I. The fraction of sp³-hybridized carbons (Fsp3) is 0.500. The van der Waals surface area contributed by atoms with Crippen LogP contribution in [0.15, 0.2) is 23.3 Å². The van der Waals surface area contributed by atoms with Crippen LogP contribution in [0.1, 0.15) is 12.0 Å². The minimum absolute atomic E-state index is 0. The number of nitrogens with one attached hydrogen (secondary N) is 2. The molecule has 1 aliphatic heterocycles. The molecule has 18 heavy (non-hydrogen) atoms. The lowest BCUT2D eigenvalue weighted by molar-refractivity contribution is 0.392. The average Bonchev–Trinajstić information content (AvgIpc) is 2.40. The molecule has 0 spiro atoms. The summed E-state index contributed by atoms with van der Waals surface area (Å²) < 4.78 is 5.20. The van der Waals surface area contributed by atoms with Gasteiger partial charge in [-0.2, -0.15) is 0 Å². The molecule has 1 aliphatic rings. The van der Waals surface area contributed by atoms with Crippen LogP contribution in [0.2, 0.25) is 0 Å². The molecule has 2 N–H and O–H groups in total. The smallest absolute Gasteiger partial charge is 0.216 e. The van der Waals surface area contributed by atoms with Crippen molar-refractivity contribution in [2.24, 2.45) is 4.99 Å². The highest BCUT2D eigenvalue weighted by Crippen LogP contribution is 2.13. The fourth-order valence-corrected chi connectivity index (χ4v) is 1.76. The van der Waals surface area contributed by atoms with Gasteiger partial charge >= 0.3 is 0 Å². The summed E-state index contributed by atoms with van der Waals surface area (Å²) in [6, 6.07) is 3.96. The number of ether oxygens (including phenoxy) is 1. The molecule has 1 aromatic rings. The maximum absolute atomic E-state index is 5.20. The van der Waals surface area contributed by atoms with E-state index >= 15 is 0 Å². The number of guanidine groups is 1. The van der Waals surface area contributed by atoms with Crippen LogP contribution in [0.25, 0.3) is 0 Å². The van der Waals surface area contributed by atoms with Crippen LogP contribution in [0, 0.1) is 0 Å². The van der Waals surface area contributed by atoms with E-state index in [2.05, 4.69) is 20.6 Å². The van der Waals surface area contributed by atoms with Gasteiger partial charge in [-0.1, -0.05) is 6.07 Å². The van der Waals surface area contributed by atoms with Crippen molar-refractivity contribution in [2.45, 2.75) is 12.8 Å². The van der Waals surface area contributed by atoms with Crippen LogP contribution >= 0.6 is 24.0 Å². The molecule has 2 rings (SSSR count). The number of pyridine rings is 1. The van der Waals surface area contributed by atoms with E-state index in [4.69, 9.17) is 4.74 Å². The molecule has 0 bridgehead atoms. The first-order valence-electron chi connectivity index (χ1n) is 5.90. The molecular weight excluding hydrogens is 343 g/mol. The van der Waals surface area contributed by atoms with E-state index in [0.29, 0.717) is 5.88 Å². The van der Waals surface area contributed by atoms with E-state index in [-0.39, 0.29) is 24.0 Å². The molecule has 0 saturated heterocycles. The lowest BCUT2D eigenvalue weighted by atomic mass is 10.2. The molecule has 0 unspecified atom stereocenters. The maximum atomic E-state index is 5.20. The van der Waals surface area contributed by atoms with Crippen LogP contribution in [0.3, 0.4) is 0 Å². The molecule has 5 nitrogen and oxygen atoms in total. The Hall–Kier alpha value is -1.05. The van der Waals surface area contributed by atoms with Gasteiger partial charge < -0.3 is 15.4 Å². The topological polar surface area (TPSA) is 58.5 Å². The number of hydrogen-bond acceptors (Lipinski definition) is 5. The molecule has 6 heteroatoms. The van der Waals surface area contributed by atoms with E-state index in [1.807, 2.05) is 12.1 Å². The normalized spacial score (nSPS) is 13.9. The predicted molar refractivity (Wildman–Crippen MR) is 82.8 cm³/mol. The summed E-state index contributed by atoms with van der Waals surface area (Å²) in [6.45, 7) is 2.74. The van der Waals surface area contributed by atoms with Gasteiger partial charge in [0.1, 0.15) is 0 Å². The zero-order valence-electron chi connectivity index (χ0n) is 10.5. The number of nitrogens with zero attached hydrogens (tertiary/aromatic N) is 2. The summed E-state index contributed by atoms with van der Waals surface area (Å²) in [5, 5.41) is 6.50. The van der Waals surface area contributed by atoms with Crippen molar-refractivity contribution < 1.29 is 4.74 Å². The van der Waals surface area contributed by atoms with Crippen molar-refractivity contribution in [1.82, 2.24) is 15.6 Å². The molecule has 0 aromatic carbocycles. The number of rotatable bonds is 4. The number of methoxy groups -OCH3 is 1. The van der Waals surface area contributed by atoms with E-state index < -0.39 is 0 Å². The summed E-state index contributed by atoms with van der Waals surface area (Å²) in [5.41, 5.74) is 1.11. The Bertz CT molecular complexity index is 397. The van der Waals surface area contributed by atoms with Crippen molar-refractivity contribution in [1.29, 1.82) is 0 Å². The Kier molecular flexibility index (Phi) is 6.77. The molecule has 1 aromatic heterocycles. The van der Waals surface area contributed by atoms with E-state index in [9.17, 15) is 0 Å². The third kappa shape index (κ3) is 4.32. The molecule has 0 fully saturated rings. The van der Waals surface area contributed by atoms with Gasteiger partial charge in [0, 0.05) is 31.4 Å². The lowest BCUT2D eigenvalue weighted by Gasteiger charge is -2.16. The number of aromatic nitrogens is 1. The zero-order valence-corrected chi connectivity index (χ0v) is 12.8. The van der Waals surface area contributed by atoms with Crippen LogP contribution in [0.4, 0.5) is 0 Å². The second kappa shape index (κ2) is 8.12. The molecular formula is C12H19IN4O. The second-order valence-electron chi connectivity index (χ2n) is 3.86. The third-order valence-electron chi connectivity index (χ3n) is 2.63. The summed E-state index contributed by atoms with van der Waals surface area (Å²) in [6.07, 6.45) is 3.72. The Morgan fingerprint density at radius 1 is 1.50 bits per heavy atom. The first-order valence-corrected chi connectivity index (χ1v) is 5.90. The minimum atomic E-state index is 0. The van der Waals surface area contributed by atoms with Gasteiger partial charge in [-0.15, -0.1) is 24.0 Å². The lowest BCUT2D eigenvalue weighted by Crippen LogP contribution is -2.41. The van der Waals surface area contributed by atoms with Crippen molar-refractivity contribution >= 4 is 29.9 Å². The Morgan fingerprint density at radius 3 is 3.11 bits per heavy atom. The van der Waals surface area contributed by atoms with Gasteiger partial charge in [0.15, 0.2) is 5.96 Å². The van der Waals surface area contributed by atoms with E-state index in [1.165, 1.54) is 0 Å².